The standard InChI is InChI=1S/C16H22N2O2/c1-20-15-5-8-18(9-6-15)16(19)13-3-2-12-4-7-17-11-14(12)10-13/h2-3,10,15,17H,4-9,11H2,1H3. The van der Waals surface area contributed by atoms with Crippen molar-refractivity contribution in [1.82, 2.24) is 10.2 Å². The number of fused-ring (bicyclic) bond motifs is 1. The zero-order valence-electron chi connectivity index (χ0n) is 12.0. The number of amides is 1. The summed E-state index contributed by atoms with van der Waals surface area (Å²) in [7, 11) is 1.75. The molecule has 0 aromatic heterocycles. The first kappa shape index (κ1) is 13.6. The lowest BCUT2D eigenvalue weighted by Gasteiger charge is -2.31. The summed E-state index contributed by atoms with van der Waals surface area (Å²) in [6.07, 6.45) is 3.25. The van der Waals surface area contributed by atoms with Crippen molar-refractivity contribution in [1.29, 1.82) is 0 Å². The highest BCUT2D eigenvalue weighted by atomic mass is 16.5. The molecule has 1 amide bonds. The van der Waals surface area contributed by atoms with Gasteiger partial charge in [0, 0.05) is 32.3 Å². The van der Waals surface area contributed by atoms with E-state index in [0.29, 0.717) is 6.10 Å². The lowest BCUT2D eigenvalue weighted by Crippen LogP contribution is -2.40. The molecule has 1 saturated heterocycles. The van der Waals surface area contributed by atoms with E-state index in [1.54, 1.807) is 7.11 Å². The molecule has 4 nitrogen and oxygen atoms in total. The van der Waals surface area contributed by atoms with Crippen molar-refractivity contribution in [3.05, 3.63) is 34.9 Å². The minimum atomic E-state index is 0.160. The van der Waals surface area contributed by atoms with Crippen molar-refractivity contribution < 1.29 is 9.53 Å². The van der Waals surface area contributed by atoms with E-state index in [-0.39, 0.29) is 5.91 Å². The van der Waals surface area contributed by atoms with Gasteiger partial charge in [0.05, 0.1) is 6.10 Å². The van der Waals surface area contributed by atoms with Gasteiger partial charge in [-0.2, -0.15) is 0 Å². The van der Waals surface area contributed by atoms with Gasteiger partial charge in [-0.1, -0.05) is 6.07 Å². The van der Waals surface area contributed by atoms with Crippen LogP contribution in [0.2, 0.25) is 0 Å². The molecule has 0 radical (unpaired) electrons. The fraction of sp³-hybridized carbons (Fsp3) is 0.562. The van der Waals surface area contributed by atoms with Crippen LogP contribution in [0.1, 0.15) is 34.3 Å². The number of ether oxygens (including phenoxy) is 1. The molecule has 0 unspecified atom stereocenters. The van der Waals surface area contributed by atoms with Crippen molar-refractivity contribution in [3.8, 4) is 0 Å². The summed E-state index contributed by atoms with van der Waals surface area (Å²) in [6.45, 7) is 3.51. The lowest BCUT2D eigenvalue weighted by molar-refractivity contribution is 0.0350. The summed E-state index contributed by atoms with van der Waals surface area (Å²) < 4.78 is 5.35. The Labute approximate surface area is 120 Å². The third-order valence-corrected chi connectivity index (χ3v) is 4.40. The Hall–Kier alpha value is -1.39. The van der Waals surface area contributed by atoms with Gasteiger partial charge >= 0.3 is 0 Å². The number of hydrogen-bond acceptors (Lipinski definition) is 3. The molecule has 4 heteroatoms. The maximum Gasteiger partial charge on any atom is 0.253 e. The molecule has 0 atom stereocenters. The van der Waals surface area contributed by atoms with Crippen LogP contribution in [0, 0.1) is 0 Å². The largest absolute Gasteiger partial charge is 0.381 e. The Morgan fingerprint density at radius 3 is 2.85 bits per heavy atom. The van der Waals surface area contributed by atoms with Crippen molar-refractivity contribution in [3.63, 3.8) is 0 Å². The summed E-state index contributed by atoms with van der Waals surface area (Å²) in [6, 6.07) is 6.16. The van der Waals surface area contributed by atoms with E-state index < -0.39 is 0 Å². The molecule has 1 aromatic carbocycles. The van der Waals surface area contributed by atoms with Crippen LogP contribution in [0.25, 0.3) is 0 Å². The molecule has 0 spiro atoms. The predicted molar refractivity (Wildman–Crippen MR) is 77.8 cm³/mol. The number of likely N-dealkylation sites (tertiary alicyclic amines) is 1. The number of carbonyl (C=O) groups is 1. The highest BCUT2D eigenvalue weighted by molar-refractivity contribution is 5.94. The van der Waals surface area contributed by atoms with Crippen molar-refractivity contribution in [2.45, 2.75) is 31.9 Å². The van der Waals surface area contributed by atoms with Crippen LogP contribution in [0.4, 0.5) is 0 Å². The second kappa shape index (κ2) is 5.94. The molecule has 3 rings (SSSR count). The Kier molecular flexibility index (Phi) is 4.03. The molecule has 20 heavy (non-hydrogen) atoms. The minimum Gasteiger partial charge on any atom is -0.381 e. The van der Waals surface area contributed by atoms with Crippen LogP contribution < -0.4 is 5.32 Å². The van der Waals surface area contributed by atoms with Gasteiger partial charge < -0.3 is 15.0 Å². The quantitative estimate of drug-likeness (QED) is 0.890. The predicted octanol–water partition coefficient (Wildman–Crippen LogP) is 1.58. The molecule has 1 N–H and O–H groups in total. The normalized spacial score (nSPS) is 19.8. The summed E-state index contributed by atoms with van der Waals surface area (Å²) in [5.74, 6) is 0.160. The second-order valence-electron chi connectivity index (χ2n) is 5.64. The first-order valence-corrected chi connectivity index (χ1v) is 7.42. The summed E-state index contributed by atoms with van der Waals surface area (Å²) in [4.78, 5) is 14.5. The smallest absolute Gasteiger partial charge is 0.253 e. The van der Waals surface area contributed by atoms with E-state index in [9.17, 15) is 4.79 Å². The van der Waals surface area contributed by atoms with Gasteiger partial charge in [-0.05, 0) is 49.1 Å². The van der Waals surface area contributed by atoms with Crippen LogP contribution in [0.5, 0.6) is 0 Å². The van der Waals surface area contributed by atoms with E-state index in [1.165, 1.54) is 11.1 Å². The monoisotopic (exact) mass is 274 g/mol. The number of benzene rings is 1. The average molecular weight is 274 g/mol. The summed E-state index contributed by atoms with van der Waals surface area (Å²) in [5.41, 5.74) is 3.47. The molecular formula is C16H22N2O2. The number of methoxy groups -OCH3 is 1. The maximum atomic E-state index is 12.5. The number of hydrogen-bond donors (Lipinski definition) is 1. The van der Waals surface area contributed by atoms with Crippen LogP contribution in [0.3, 0.4) is 0 Å². The zero-order valence-corrected chi connectivity index (χ0v) is 12.0. The van der Waals surface area contributed by atoms with Crippen LogP contribution >= 0.6 is 0 Å². The second-order valence-corrected chi connectivity index (χ2v) is 5.64. The van der Waals surface area contributed by atoms with Crippen molar-refractivity contribution in [2.24, 2.45) is 0 Å². The maximum absolute atomic E-state index is 12.5. The molecule has 2 aliphatic rings. The molecule has 108 valence electrons. The molecule has 0 saturated carbocycles. The average Bonchev–Trinajstić information content (AvgIpc) is 2.54. The fourth-order valence-corrected chi connectivity index (χ4v) is 3.09. The van der Waals surface area contributed by atoms with Crippen molar-refractivity contribution in [2.75, 3.05) is 26.7 Å². The Bertz CT molecular complexity index is 493. The molecule has 2 aliphatic heterocycles. The van der Waals surface area contributed by atoms with E-state index in [2.05, 4.69) is 17.4 Å². The molecular weight excluding hydrogens is 252 g/mol. The highest BCUT2D eigenvalue weighted by Crippen LogP contribution is 2.19. The van der Waals surface area contributed by atoms with Crippen LogP contribution in [-0.4, -0.2) is 43.7 Å². The van der Waals surface area contributed by atoms with Gasteiger partial charge in [0.1, 0.15) is 0 Å². The first-order chi connectivity index (χ1) is 9.78. The lowest BCUT2D eigenvalue weighted by atomic mass is 9.97. The third kappa shape index (κ3) is 2.72. The van der Waals surface area contributed by atoms with Gasteiger partial charge in [0.25, 0.3) is 5.91 Å². The van der Waals surface area contributed by atoms with E-state index in [4.69, 9.17) is 4.74 Å². The Morgan fingerprint density at radius 1 is 1.30 bits per heavy atom. The number of nitrogens with one attached hydrogen (secondary N) is 1. The van der Waals surface area contributed by atoms with Gasteiger partial charge in [0.15, 0.2) is 0 Å². The topological polar surface area (TPSA) is 41.6 Å². The van der Waals surface area contributed by atoms with E-state index in [1.807, 2.05) is 11.0 Å². The Morgan fingerprint density at radius 2 is 2.10 bits per heavy atom. The summed E-state index contributed by atoms with van der Waals surface area (Å²) in [5, 5.41) is 3.36. The van der Waals surface area contributed by atoms with Crippen LogP contribution in [0.15, 0.2) is 18.2 Å². The van der Waals surface area contributed by atoms with Crippen molar-refractivity contribution >= 4 is 5.91 Å². The SMILES string of the molecule is COC1CCN(C(=O)c2ccc3c(c2)CNCC3)CC1. The van der Waals surface area contributed by atoms with E-state index in [0.717, 1.165) is 51.0 Å². The molecule has 1 fully saturated rings. The van der Waals surface area contributed by atoms with Gasteiger partial charge in [-0.15, -0.1) is 0 Å². The molecule has 0 aliphatic carbocycles. The molecule has 0 bridgehead atoms. The third-order valence-electron chi connectivity index (χ3n) is 4.40. The van der Waals surface area contributed by atoms with Crippen LogP contribution in [-0.2, 0) is 17.7 Å². The zero-order chi connectivity index (χ0) is 13.9. The molecule has 1 aromatic rings. The molecule has 2 heterocycles. The first-order valence-electron chi connectivity index (χ1n) is 7.42. The number of rotatable bonds is 2. The Balaban J connectivity index is 1.71. The minimum absolute atomic E-state index is 0.160. The highest BCUT2D eigenvalue weighted by Gasteiger charge is 2.24. The van der Waals surface area contributed by atoms with Gasteiger partial charge in [-0.25, -0.2) is 0 Å². The van der Waals surface area contributed by atoms with Gasteiger partial charge in [0.2, 0.25) is 0 Å². The number of nitrogens with zero attached hydrogens (tertiary/aromatic N) is 1. The number of piperidine rings is 1. The fourth-order valence-electron chi connectivity index (χ4n) is 3.09. The van der Waals surface area contributed by atoms with Gasteiger partial charge in [-0.3, -0.25) is 4.79 Å². The summed E-state index contributed by atoms with van der Waals surface area (Å²) >= 11 is 0. The van der Waals surface area contributed by atoms with E-state index >= 15 is 0 Å². The number of carbonyl (C=O) groups excluding carboxylic acids is 1.